The molecule has 1 fully saturated rings. The maximum Gasteiger partial charge on any atom is 0.313 e. The van der Waals surface area contributed by atoms with Gasteiger partial charge in [0.2, 0.25) is 0 Å². The first-order valence-corrected chi connectivity index (χ1v) is 7.28. The summed E-state index contributed by atoms with van der Waals surface area (Å²) in [6.07, 6.45) is 3.12. The maximum atomic E-state index is 12.0. The topological polar surface area (TPSA) is 49.4 Å². The fraction of sp³-hybridized carbons (Fsp3) is 0.500. The van der Waals surface area contributed by atoms with Crippen LogP contribution in [-0.4, -0.2) is 29.8 Å². The van der Waals surface area contributed by atoms with Crippen molar-refractivity contribution in [1.29, 1.82) is 0 Å². The fourth-order valence-electron chi connectivity index (χ4n) is 2.38. The van der Waals surface area contributed by atoms with Gasteiger partial charge in [-0.05, 0) is 42.9 Å². The Hall–Kier alpha value is -1.84. The van der Waals surface area contributed by atoms with Crippen LogP contribution < -0.4 is 5.32 Å². The van der Waals surface area contributed by atoms with E-state index in [4.69, 9.17) is 0 Å². The molecule has 0 aromatic heterocycles. The SMILES string of the molecule is CC(C)c1ccc(NC(=O)C(=O)N2CCCCC2)cc1. The van der Waals surface area contributed by atoms with E-state index in [2.05, 4.69) is 19.2 Å². The molecule has 0 atom stereocenters. The highest BCUT2D eigenvalue weighted by Gasteiger charge is 2.23. The van der Waals surface area contributed by atoms with E-state index in [0.29, 0.717) is 24.7 Å². The maximum absolute atomic E-state index is 12.0. The van der Waals surface area contributed by atoms with E-state index in [-0.39, 0.29) is 0 Å². The zero-order chi connectivity index (χ0) is 14.5. The van der Waals surface area contributed by atoms with Gasteiger partial charge in [0.1, 0.15) is 0 Å². The van der Waals surface area contributed by atoms with Crippen LogP contribution in [0.5, 0.6) is 0 Å². The molecule has 0 spiro atoms. The zero-order valence-electron chi connectivity index (χ0n) is 12.2. The normalized spacial score (nSPS) is 15.2. The first-order chi connectivity index (χ1) is 9.58. The molecule has 4 nitrogen and oxygen atoms in total. The molecule has 1 aromatic carbocycles. The lowest BCUT2D eigenvalue weighted by Crippen LogP contribution is -2.42. The molecule has 0 saturated carbocycles. The summed E-state index contributed by atoms with van der Waals surface area (Å²) in [6, 6.07) is 7.64. The molecular weight excluding hydrogens is 252 g/mol. The molecule has 0 aliphatic carbocycles. The van der Waals surface area contributed by atoms with Crippen LogP contribution in [0.15, 0.2) is 24.3 Å². The highest BCUT2D eigenvalue weighted by Crippen LogP contribution is 2.17. The Morgan fingerprint density at radius 1 is 1.05 bits per heavy atom. The molecule has 0 unspecified atom stereocenters. The number of nitrogens with one attached hydrogen (secondary N) is 1. The van der Waals surface area contributed by atoms with E-state index in [9.17, 15) is 9.59 Å². The van der Waals surface area contributed by atoms with Gasteiger partial charge in [-0.25, -0.2) is 0 Å². The van der Waals surface area contributed by atoms with Gasteiger partial charge in [0.15, 0.2) is 0 Å². The lowest BCUT2D eigenvalue weighted by Gasteiger charge is -2.25. The van der Waals surface area contributed by atoms with Crippen LogP contribution >= 0.6 is 0 Å². The van der Waals surface area contributed by atoms with Crippen LogP contribution in [0.2, 0.25) is 0 Å². The molecule has 4 heteroatoms. The monoisotopic (exact) mass is 274 g/mol. The molecule has 1 aliphatic rings. The highest BCUT2D eigenvalue weighted by atomic mass is 16.2. The fourth-order valence-corrected chi connectivity index (χ4v) is 2.38. The summed E-state index contributed by atoms with van der Waals surface area (Å²) in [7, 11) is 0. The second kappa shape index (κ2) is 6.55. The minimum Gasteiger partial charge on any atom is -0.334 e. The van der Waals surface area contributed by atoms with E-state index >= 15 is 0 Å². The van der Waals surface area contributed by atoms with Crippen LogP contribution in [0.1, 0.15) is 44.6 Å². The van der Waals surface area contributed by atoms with Crippen molar-refractivity contribution in [1.82, 2.24) is 4.90 Å². The molecule has 1 heterocycles. The second-order valence-corrected chi connectivity index (χ2v) is 5.58. The van der Waals surface area contributed by atoms with Gasteiger partial charge in [-0.15, -0.1) is 0 Å². The van der Waals surface area contributed by atoms with Gasteiger partial charge in [0, 0.05) is 18.8 Å². The molecule has 1 N–H and O–H groups in total. The molecule has 2 amide bonds. The summed E-state index contributed by atoms with van der Waals surface area (Å²) in [5.74, 6) is -0.503. The van der Waals surface area contributed by atoms with E-state index in [1.807, 2.05) is 24.3 Å². The summed E-state index contributed by atoms with van der Waals surface area (Å²) in [5.41, 5.74) is 1.88. The molecular formula is C16H22N2O2. The van der Waals surface area contributed by atoms with E-state index < -0.39 is 11.8 Å². The number of carbonyl (C=O) groups is 2. The summed E-state index contributed by atoms with van der Waals surface area (Å²) < 4.78 is 0. The van der Waals surface area contributed by atoms with Gasteiger partial charge in [-0.3, -0.25) is 9.59 Å². The number of hydrogen-bond donors (Lipinski definition) is 1. The Kier molecular flexibility index (Phi) is 4.77. The van der Waals surface area contributed by atoms with Crippen LogP contribution in [0.4, 0.5) is 5.69 Å². The second-order valence-electron chi connectivity index (χ2n) is 5.58. The van der Waals surface area contributed by atoms with Crippen molar-refractivity contribution in [2.45, 2.75) is 39.0 Å². The zero-order valence-corrected chi connectivity index (χ0v) is 12.2. The minimum absolute atomic E-state index is 0.419. The molecule has 1 aromatic rings. The average molecular weight is 274 g/mol. The average Bonchev–Trinajstić information content (AvgIpc) is 2.48. The number of likely N-dealkylation sites (tertiary alicyclic amines) is 1. The van der Waals surface area contributed by atoms with Gasteiger partial charge in [0.25, 0.3) is 0 Å². The number of nitrogens with zero attached hydrogens (tertiary/aromatic N) is 1. The highest BCUT2D eigenvalue weighted by molar-refractivity contribution is 6.39. The number of carbonyl (C=O) groups excluding carboxylic acids is 2. The van der Waals surface area contributed by atoms with E-state index in [1.54, 1.807) is 4.90 Å². The molecule has 0 radical (unpaired) electrons. The summed E-state index contributed by atoms with van der Waals surface area (Å²) in [6.45, 7) is 5.62. The number of anilines is 1. The predicted octanol–water partition coefficient (Wildman–Crippen LogP) is 2.76. The van der Waals surface area contributed by atoms with Gasteiger partial charge < -0.3 is 10.2 Å². The van der Waals surface area contributed by atoms with Crippen molar-refractivity contribution >= 4 is 17.5 Å². The molecule has 0 bridgehead atoms. The van der Waals surface area contributed by atoms with Crippen molar-refractivity contribution < 1.29 is 9.59 Å². The van der Waals surface area contributed by atoms with Crippen LogP contribution in [0.3, 0.4) is 0 Å². The Bertz CT molecular complexity index is 474. The van der Waals surface area contributed by atoms with Gasteiger partial charge in [-0.2, -0.15) is 0 Å². The van der Waals surface area contributed by atoms with Crippen molar-refractivity contribution in [3.8, 4) is 0 Å². The van der Waals surface area contributed by atoms with Crippen molar-refractivity contribution in [3.05, 3.63) is 29.8 Å². The standard InChI is InChI=1S/C16H22N2O2/c1-12(2)13-6-8-14(9-7-13)17-15(19)16(20)18-10-4-3-5-11-18/h6-9,12H,3-5,10-11H2,1-2H3,(H,17,19). The predicted molar refractivity (Wildman–Crippen MR) is 79.6 cm³/mol. The number of hydrogen-bond acceptors (Lipinski definition) is 2. The van der Waals surface area contributed by atoms with Crippen molar-refractivity contribution in [3.63, 3.8) is 0 Å². The molecule has 20 heavy (non-hydrogen) atoms. The number of rotatable bonds is 2. The van der Waals surface area contributed by atoms with Crippen LogP contribution in [0, 0.1) is 0 Å². The van der Waals surface area contributed by atoms with Crippen molar-refractivity contribution in [2.75, 3.05) is 18.4 Å². The molecule has 2 rings (SSSR count). The third kappa shape index (κ3) is 3.59. The van der Waals surface area contributed by atoms with Gasteiger partial charge in [0.05, 0.1) is 0 Å². The Morgan fingerprint density at radius 3 is 2.20 bits per heavy atom. The quantitative estimate of drug-likeness (QED) is 0.843. The largest absolute Gasteiger partial charge is 0.334 e. The minimum atomic E-state index is -0.538. The summed E-state index contributed by atoms with van der Waals surface area (Å²) in [4.78, 5) is 25.6. The smallest absolute Gasteiger partial charge is 0.313 e. The van der Waals surface area contributed by atoms with Crippen molar-refractivity contribution in [2.24, 2.45) is 0 Å². The Balaban J connectivity index is 1.94. The molecule has 1 aliphatic heterocycles. The van der Waals surface area contributed by atoms with Crippen LogP contribution in [0.25, 0.3) is 0 Å². The number of amides is 2. The lowest BCUT2D eigenvalue weighted by molar-refractivity contribution is -0.143. The Labute approximate surface area is 120 Å². The van der Waals surface area contributed by atoms with E-state index in [1.165, 1.54) is 5.56 Å². The first-order valence-electron chi connectivity index (χ1n) is 7.28. The lowest BCUT2D eigenvalue weighted by atomic mass is 10.0. The first kappa shape index (κ1) is 14.6. The van der Waals surface area contributed by atoms with Gasteiger partial charge >= 0.3 is 11.8 Å². The Morgan fingerprint density at radius 2 is 1.65 bits per heavy atom. The van der Waals surface area contributed by atoms with E-state index in [0.717, 1.165) is 19.3 Å². The third-order valence-electron chi connectivity index (χ3n) is 3.67. The summed E-state index contributed by atoms with van der Waals surface area (Å²) in [5, 5.41) is 2.67. The molecule has 108 valence electrons. The molecule has 1 saturated heterocycles. The number of piperidine rings is 1. The van der Waals surface area contributed by atoms with Crippen LogP contribution in [-0.2, 0) is 9.59 Å². The summed E-state index contributed by atoms with van der Waals surface area (Å²) >= 11 is 0. The van der Waals surface area contributed by atoms with Gasteiger partial charge in [-0.1, -0.05) is 26.0 Å². The number of benzene rings is 1. The third-order valence-corrected chi connectivity index (χ3v) is 3.67.